The third-order valence-electron chi connectivity index (χ3n) is 1.70. The molecule has 2 rings (SSSR count). The Hall–Kier alpha value is -1.22. The molecule has 0 radical (unpaired) electrons. The summed E-state index contributed by atoms with van der Waals surface area (Å²) in [7, 11) is 0. The molecule has 0 fully saturated rings. The lowest BCUT2D eigenvalue weighted by atomic mass is 10.2. The molecule has 0 unspecified atom stereocenters. The number of nitrogens with two attached hydrogens (primary N) is 1. The lowest BCUT2D eigenvalue weighted by Crippen LogP contribution is -1.98. The van der Waals surface area contributed by atoms with Crippen LogP contribution in [0, 0.1) is 0 Å². The van der Waals surface area contributed by atoms with E-state index in [0.717, 1.165) is 17.1 Å². The fraction of sp³-hybridized carbons (Fsp3) is 0.250. The summed E-state index contributed by atoms with van der Waals surface area (Å²) >= 11 is 0. The normalized spacial score (nSPS) is 13.5. The highest BCUT2D eigenvalue weighted by atomic mass is 16.7. The second kappa shape index (κ2) is 2.43. The highest BCUT2D eigenvalue weighted by Crippen LogP contribution is 2.34. The summed E-state index contributed by atoms with van der Waals surface area (Å²) in [6, 6.07) is 5.73. The van der Waals surface area contributed by atoms with Crippen molar-refractivity contribution in [3.8, 4) is 11.5 Å². The Morgan fingerprint density at radius 2 is 2.27 bits per heavy atom. The lowest BCUT2D eigenvalue weighted by Gasteiger charge is -2.00. The van der Waals surface area contributed by atoms with E-state index in [9.17, 15) is 0 Å². The highest BCUT2D eigenvalue weighted by molar-refractivity contribution is 5.47. The zero-order valence-corrected chi connectivity index (χ0v) is 6.04. The molecule has 0 saturated heterocycles. The van der Waals surface area contributed by atoms with Crippen LogP contribution in [0.2, 0.25) is 0 Å². The number of hydrogen-bond donors (Lipinski definition) is 1. The zero-order valence-electron chi connectivity index (χ0n) is 6.04. The minimum atomic E-state index is 0.312. The Balaban J connectivity index is 2.50. The average molecular weight is 151 g/mol. The van der Waals surface area contributed by atoms with Crippen LogP contribution in [0.5, 0.6) is 11.5 Å². The van der Waals surface area contributed by atoms with Gasteiger partial charge >= 0.3 is 0 Å². The number of rotatable bonds is 1. The van der Waals surface area contributed by atoms with E-state index >= 15 is 0 Å². The number of hydrogen-bond acceptors (Lipinski definition) is 3. The fourth-order valence-corrected chi connectivity index (χ4v) is 1.15. The molecule has 1 aromatic rings. The molecule has 0 bridgehead atoms. The SMILES string of the molecule is NCc1cccc2c1OCO2. The third kappa shape index (κ3) is 0.935. The standard InChI is InChI=1S/C8H9NO2/c9-4-6-2-1-3-7-8(6)11-5-10-7/h1-3H,4-5,9H2. The molecule has 0 spiro atoms. The van der Waals surface area contributed by atoms with Gasteiger partial charge in [-0.1, -0.05) is 12.1 Å². The smallest absolute Gasteiger partial charge is 0.231 e. The zero-order chi connectivity index (χ0) is 7.68. The van der Waals surface area contributed by atoms with Crippen LogP contribution in [0.4, 0.5) is 0 Å². The van der Waals surface area contributed by atoms with Crippen LogP contribution in [-0.4, -0.2) is 6.79 Å². The summed E-state index contributed by atoms with van der Waals surface area (Å²) in [6.07, 6.45) is 0. The Bertz CT molecular complexity index is 273. The summed E-state index contributed by atoms with van der Waals surface area (Å²) in [5.41, 5.74) is 6.49. The molecule has 0 saturated carbocycles. The van der Waals surface area contributed by atoms with Gasteiger partial charge in [0, 0.05) is 12.1 Å². The first-order valence-corrected chi connectivity index (χ1v) is 3.49. The van der Waals surface area contributed by atoms with Crippen LogP contribution < -0.4 is 15.2 Å². The molecule has 1 heterocycles. The van der Waals surface area contributed by atoms with Crippen LogP contribution >= 0.6 is 0 Å². The van der Waals surface area contributed by atoms with Crippen molar-refractivity contribution >= 4 is 0 Å². The topological polar surface area (TPSA) is 44.5 Å². The maximum Gasteiger partial charge on any atom is 0.231 e. The van der Waals surface area contributed by atoms with Crippen molar-refractivity contribution in [1.82, 2.24) is 0 Å². The first kappa shape index (κ1) is 6.49. The van der Waals surface area contributed by atoms with Gasteiger partial charge in [0.2, 0.25) is 6.79 Å². The van der Waals surface area contributed by atoms with Gasteiger partial charge in [-0.3, -0.25) is 0 Å². The van der Waals surface area contributed by atoms with E-state index in [4.69, 9.17) is 15.2 Å². The summed E-state index contributed by atoms with van der Waals surface area (Å²) in [6.45, 7) is 0.804. The Morgan fingerprint density at radius 1 is 1.36 bits per heavy atom. The van der Waals surface area contributed by atoms with Gasteiger partial charge in [-0.15, -0.1) is 0 Å². The molecule has 0 amide bonds. The van der Waals surface area contributed by atoms with Crippen LogP contribution in [0.25, 0.3) is 0 Å². The minimum absolute atomic E-state index is 0.312. The van der Waals surface area contributed by atoms with E-state index in [0.29, 0.717) is 13.3 Å². The molecule has 0 aliphatic carbocycles. The number of fused-ring (bicyclic) bond motifs is 1. The van der Waals surface area contributed by atoms with Gasteiger partial charge in [-0.2, -0.15) is 0 Å². The number of benzene rings is 1. The summed E-state index contributed by atoms with van der Waals surface area (Å²) in [5.74, 6) is 1.60. The van der Waals surface area contributed by atoms with Gasteiger partial charge in [0.1, 0.15) is 0 Å². The molecule has 0 aromatic heterocycles. The average Bonchev–Trinajstić information content (AvgIpc) is 2.50. The van der Waals surface area contributed by atoms with E-state index < -0.39 is 0 Å². The Morgan fingerprint density at radius 3 is 3.09 bits per heavy atom. The number of ether oxygens (including phenoxy) is 2. The summed E-state index contributed by atoms with van der Waals surface area (Å²) in [4.78, 5) is 0. The molecule has 0 atom stereocenters. The van der Waals surface area contributed by atoms with Crippen molar-refractivity contribution in [1.29, 1.82) is 0 Å². The Kier molecular flexibility index (Phi) is 1.43. The Labute approximate surface area is 64.7 Å². The van der Waals surface area contributed by atoms with Gasteiger partial charge in [0.25, 0.3) is 0 Å². The van der Waals surface area contributed by atoms with E-state index in [1.165, 1.54) is 0 Å². The molecule has 3 nitrogen and oxygen atoms in total. The van der Waals surface area contributed by atoms with Gasteiger partial charge in [-0.05, 0) is 6.07 Å². The van der Waals surface area contributed by atoms with Crippen LogP contribution in [0.1, 0.15) is 5.56 Å². The van der Waals surface area contributed by atoms with Gasteiger partial charge in [-0.25, -0.2) is 0 Å². The molecular weight excluding hydrogens is 142 g/mol. The van der Waals surface area contributed by atoms with Gasteiger partial charge in [0.15, 0.2) is 11.5 Å². The quantitative estimate of drug-likeness (QED) is 0.647. The predicted molar refractivity (Wildman–Crippen MR) is 40.5 cm³/mol. The van der Waals surface area contributed by atoms with Crippen molar-refractivity contribution in [3.63, 3.8) is 0 Å². The predicted octanol–water partition coefficient (Wildman–Crippen LogP) is 0.874. The molecule has 58 valence electrons. The second-order valence-corrected chi connectivity index (χ2v) is 2.36. The van der Waals surface area contributed by atoms with Crippen molar-refractivity contribution in [2.24, 2.45) is 5.73 Å². The fourth-order valence-electron chi connectivity index (χ4n) is 1.15. The maximum absolute atomic E-state index is 5.49. The molecule has 1 aromatic carbocycles. The largest absolute Gasteiger partial charge is 0.454 e. The van der Waals surface area contributed by atoms with E-state index in [1.807, 2.05) is 18.2 Å². The second-order valence-electron chi connectivity index (χ2n) is 2.36. The van der Waals surface area contributed by atoms with Crippen LogP contribution in [0.15, 0.2) is 18.2 Å². The summed E-state index contributed by atoms with van der Waals surface area (Å²) in [5, 5.41) is 0. The van der Waals surface area contributed by atoms with E-state index in [2.05, 4.69) is 0 Å². The maximum atomic E-state index is 5.49. The van der Waals surface area contributed by atoms with Crippen LogP contribution in [-0.2, 0) is 6.54 Å². The van der Waals surface area contributed by atoms with Crippen molar-refractivity contribution < 1.29 is 9.47 Å². The summed E-state index contributed by atoms with van der Waals surface area (Å²) < 4.78 is 10.4. The van der Waals surface area contributed by atoms with Crippen molar-refractivity contribution in [3.05, 3.63) is 23.8 Å². The monoisotopic (exact) mass is 151 g/mol. The molecule has 11 heavy (non-hydrogen) atoms. The molecular formula is C8H9NO2. The van der Waals surface area contributed by atoms with Gasteiger partial charge < -0.3 is 15.2 Å². The third-order valence-corrected chi connectivity index (χ3v) is 1.70. The number of para-hydroxylation sites is 1. The van der Waals surface area contributed by atoms with Gasteiger partial charge in [0.05, 0.1) is 0 Å². The minimum Gasteiger partial charge on any atom is -0.454 e. The molecule has 1 aliphatic rings. The van der Waals surface area contributed by atoms with E-state index in [-0.39, 0.29) is 0 Å². The first-order chi connectivity index (χ1) is 5.42. The lowest BCUT2D eigenvalue weighted by molar-refractivity contribution is 0.173. The van der Waals surface area contributed by atoms with E-state index in [1.54, 1.807) is 0 Å². The molecule has 1 aliphatic heterocycles. The van der Waals surface area contributed by atoms with Crippen molar-refractivity contribution in [2.75, 3.05) is 6.79 Å². The molecule has 3 heteroatoms. The molecule has 2 N–H and O–H groups in total. The van der Waals surface area contributed by atoms with Crippen LogP contribution in [0.3, 0.4) is 0 Å². The first-order valence-electron chi connectivity index (χ1n) is 3.49. The van der Waals surface area contributed by atoms with Crippen molar-refractivity contribution in [2.45, 2.75) is 6.54 Å². The highest BCUT2D eigenvalue weighted by Gasteiger charge is 2.15.